The molecule has 0 radical (unpaired) electrons. The van der Waals surface area contributed by atoms with Gasteiger partial charge in [-0.1, -0.05) is 18.2 Å². The first-order chi connectivity index (χ1) is 13.1. The Morgan fingerprint density at radius 1 is 1.07 bits per heavy atom. The number of aromatic nitrogens is 2. The van der Waals surface area contributed by atoms with E-state index in [0.29, 0.717) is 19.0 Å². The van der Waals surface area contributed by atoms with Crippen molar-refractivity contribution in [3.8, 4) is 0 Å². The number of aryl methyl sites for hydroxylation is 1. The molecule has 0 saturated carbocycles. The molecule has 2 unspecified atom stereocenters. The molecular formula is C22H23N3O2. The van der Waals surface area contributed by atoms with E-state index in [1.165, 1.54) is 10.9 Å². The highest BCUT2D eigenvalue weighted by Gasteiger charge is 2.36. The van der Waals surface area contributed by atoms with Gasteiger partial charge < -0.3 is 14.0 Å². The van der Waals surface area contributed by atoms with Crippen molar-refractivity contribution in [1.29, 1.82) is 0 Å². The highest BCUT2D eigenvalue weighted by molar-refractivity contribution is 5.85. The lowest BCUT2D eigenvalue weighted by atomic mass is 9.83. The molecule has 0 N–H and O–H groups in total. The molecule has 1 fully saturated rings. The van der Waals surface area contributed by atoms with Crippen molar-refractivity contribution in [3.63, 3.8) is 0 Å². The lowest BCUT2D eigenvalue weighted by Gasteiger charge is -2.42. The van der Waals surface area contributed by atoms with E-state index in [-0.39, 0.29) is 17.4 Å². The Balaban J connectivity index is 1.39. The first kappa shape index (κ1) is 16.4. The van der Waals surface area contributed by atoms with E-state index in [0.717, 1.165) is 30.7 Å². The number of hydrogen-bond donors (Lipinski definition) is 0. The molecule has 2 aliphatic heterocycles. The van der Waals surface area contributed by atoms with Crippen molar-refractivity contribution < 1.29 is 4.79 Å². The van der Waals surface area contributed by atoms with Gasteiger partial charge in [-0.15, -0.1) is 0 Å². The SMILES string of the molecule is Cc1cccc2c1ccn2CC(=O)N1CC2CC(C1)c1cccc(=O)n1C2. The zero-order valence-electron chi connectivity index (χ0n) is 15.5. The average Bonchev–Trinajstić information content (AvgIpc) is 3.07. The van der Waals surface area contributed by atoms with E-state index in [4.69, 9.17) is 0 Å². The predicted octanol–water partition coefficient (Wildman–Crippen LogP) is 2.76. The number of rotatable bonds is 2. The van der Waals surface area contributed by atoms with E-state index in [2.05, 4.69) is 25.1 Å². The zero-order valence-corrected chi connectivity index (χ0v) is 15.5. The van der Waals surface area contributed by atoms with Gasteiger partial charge >= 0.3 is 0 Å². The number of nitrogens with zero attached hydrogens (tertiary/aromatic N) is 3. The average molecular weight is 361 g/mol. The molecule has 5 heteroatoms. The van der Waals surface area contributed by atoms with E-state index < -0.39 is 0 Å². The Hall–Kier alpha value is -2.82. The maximum Gasteiger partial charge on any atom is 0.250 e. The molecule has 1 saturated heterocycles. The van der Waals surface area contributed by atoms with Gasteiger partial charge in [0, 0.05) is 54.4 Å². The molecule has 2 bridgehead atoms. The number of pyridine rings is 1. The summed E-state index contributed by atoms with van der Waals surface area (Å²) in [5, 5.41) is 1.20. The number of piperidine rings is 1. The third-order valence-electron chi connectivity index (χ3n) is 6.17. The first-order valence-corrected chi connectivity index (χ1v) is 9.62. The Bertz CT molecular complexity index is 1090. The van der Waals surface area contributed by atoms with Gasteiger partial charge in [0.2, 0.25) is 5.91 Å². The highest BCUT2D eigenvalue weighted by Crippen LogP contribution is 2.35. The molecule has 138 valence electrons. The van der Waals surface area contributed by atoms with Crippen LogP contribution in [0.25, 0.3) is 10.9 Å². The van der Waals surface area contributed by atoms with Crippen LogP contribution in [-0.4, -0.2) is 33.0 Å². The van der Waals surface area contributed by atoms with Gasteiger partial charge in [0.05, 0.1) is 0 Å². The fourth-order valence-electron chi connectivity index (χ4n) is 4.86. The third-order valence-corrected chi connectivity index (χ3v) is 6.17. The van der Waals surface area contributed by atoms with E-state index in [1.54, 1.807) is 6.07 Å². The molecule has 1 aromatic carbocycles. The second kappa shape index (κ2) is 6.12. The van der Waals surface area contributed by atoms with Crippen LogP contribution in [0, 0.1) is 12.8 Å². The molecule has 3 aromatic rings. The van der Waals surface area contributed by atoms with Crippen LogP contribution in [0.3, 0.4) is 0 Å². The fraction of sp³-hybridized carbons (Fsp3) is 0.364. The molecule has 0 spiro atoms. The summed E-state index contributed by atoms with van der Waals surface area (Å²) >= 11 is 0. The van der Waals surface area contributed by atoms with Gasteiger partial charge in [-0.3, -0.25) is 9.59 Å². The molecule has 2 atom stereocenters. The Kier molecular flexibility index (Phi) is 3.71. The molecular weight excluding hydrogens is 338 g/mol. The third kappa shape index (κ3) is 2.69. The summed E-state index contributed by atoms with van der Waals surface area (Å²) in [6.45, 7) is 4.64. The quantitative estimate of drug-likeness (QED) is 0.705. The Labute approximate surface area is 157 Å². The summed E-state index contributed by atoms with van der Waals surface area (Å²) in [5.74, 6) is 0.790. The molecule has 4 heterocycles. The predicted molar refractivity (Wildman–Crippen MR) is 105 cm³/mol. The van der Waals surface area contributed by atoms with Gasteiger partial charge in [0.1, 0.15) is 6.54 Å². The van der Waals surface area contributed by atoms with Crippen molar-refractivity contribution in [2.45, 2.75) is 32.4 Å². The van der Waals surface area contributed by atoms with Gasteiger partial charge in [0.25, 0.3) is 5.56 Å². The number of hydrogen-bond acceptors (Lipinski definition) is 2. The van der Waals surface area contributed by atoms with E-state index >= 15 is 0 Å². The molecule has 2 aromatic heterocycles. The first-order valence-electron chi connectivity index (χ1n) is 9.62. The monoisotopic (exact) mass is 361 g/mol. The maximum absolute atomic E-state index is 13.0. The van der Waals surface area contributed by atoms with Gasteiger partial charge in [-0.2, -0.15) is 0 Å². The lowest BCUT2D eigenvalue weighted by molar-refractivity contribution is -0.134. The highest BCUT2D eigenvalue weighted by atomic mass is 16.2. The van der Waals surface area contributed by atoms with Crippen LogP contribution < -0.4 is 5.56 Å². The summed E-state index contributed by atoms with van der Waals surface area (Å²) < 4.78 is 3.95. The number of carbonyl (C=O) groups excluding carboxylic acids is 1. The molecule has 1 amide bonds. The van der Waals surface area contributed by atoms with Crippen molar-refractivity contribution in [1.82, 2.24) is 14.0 Å². The summed E-state index contributed by atoms with van der Waals surface area (Å²) in [6.07, 6.45) is 3.08. The number of likely N-dealkylation sites (tertiary alicyclic amines) is 1. The molecule has 5 nitrogen and oxygen atoms in total. The largest absolute Gasteiger partial charge is 0.340 e. The molecule has 0 aliphatic carbocycles. The fourth-order valence-corrected chi connectivity index (χ4v) is 4.86. The Morgan fingerprint density at radius 3 is 2.81 bits per heavy atom. The summed E-state index contributed by atoms with van der Waals surface area (Å²) in [6, 6.07) is 13.8. The summed E-state index contributed by atoms with van der Waals surface area (Å²) in [5.41, 5.74) is 3.50. The van der Waals surface area contributed by atoms with E-state index in [9.17, 15) is 9.59 Å². The normalized spacial score (nSPS) is 21.3. The van der Waals surface area contributed by atoms with Crippen molar-refractivity contribution in [3.05, 3.63) is 70.3 Å². The van der Waals surface area contributed by atoms with Gasteiger partial charge in [-0.25, -0.2) is 0 Å². The second-order valence-corrected chi connectivity index (χ2v) is 7.95. The number of benzene rings is 1. The summed E-state index contributed by atoms with van der Waals surface area (Å²) in [4.78, 5) is 27.2. The van der Waals surface area contributed by atoms with Crippen molar-refractivity contribution in [2.75, 3.05) is 13.1 Å². The molecule has 27 heavy (non-hydrogen) atoms. The van der Waals surface area contributed by atoms with Crippen LogP contribution in [0.15, 0.2) is 53.5 Å². The minimum atomic E-state index is 0.0798. The Morgan fingerprint density at radius 2 is 1.93 bits per heavy atom. The summed E-state index contributed by atoms with van der Waals surface area (Å²) in [7, 11) is 0. The minimum Gasteiger partial charge on any atom is -0.340 e. The maximum atomic E-state index is 13.0. The van der Waals surface area contributed by atoms with Crippen LogP contribution in [0.5, 0.6) is 0 Å². The van der Waals surface area contributed by atoms with E-state index in [1.807, 2.05) is 38.4 Å². The molecule has 5 rings (SSSR count). The van der Waals surface area contributed by atoms with Crippen molar-refractivity contribution >= 4 is 16.8 Å². The lowest BCUT2D eigenvalue weighted by Crippen LogP contribution is -2.49. The van der Waals surface area contributed by atoms with Crippen LogP contribution in [0.4, 0.5) is 0 Å². The number of fused-ring (bicyclic) bond motifs is 5. The smallest absolute Gasteiger partial charge is 0.250 e. The van der Waals surface area contributed by atoms with Crippen LogP contribution >= 0.6 is 0 Å². The van der Waals surface area contributed by atoms with Gasteiger partial charge in [-0.05, 0) is 43.0 Å². The zero-order chi connectivity index (χ0) is 18.5. The number of carbonyl (C=O) groups is 1. The second-order valence-electron chi connectivity index (χ2n) is 7.95. The van der Waals surface area contributed by atoms with Crippen molar-refractivity contribution in [2.24, 2.45) is 5.92 Å². The van der Waals surface area contributed by atoms with Gasteiger partial charge in [0.15, 0.2) is 0 Å². The standard InChI is InChI=1S/C22H23N3O2/c1-15-4-2-6-20-18(15)8-9-23(20)14-22(27)24-11-16-10-17(13-24)19-5-3-7-21(26)25(19)12-16/h2-9,16-17H,10-14H2,1H3. The van der Waals surface area contributed by atoms with Crippen LogP contribution in [0.2, 0.25) is 0 Å². The minimum absolute atomic E-state index is 0.0798. The topological polar surface area (TPSA) is 47.2 Å². The molecule has 2 aliphatic rings. The number of amides is 1. The van der Waals surface area contributed by atoms with Crippen LogP contribution in [-0.2, 0) is 17.9 Å². The van der Waals surface area contributed by atoms with Crippen LogP contribution in [0.1, 0.15) is 23.6 Å².